The van der Waals surface area contributed by atoms with E-state index in [1.807, 2.05) is 0 Å². The molecule has 4 aromatic heterocycles. The lowest BCUT2D eigenvalue weighted by molar-refractivity contribution is 1.10. The zero-order valence-electron chi connectivity index (χ0n) is 59.6. The van der Waals surface area contributed by atoms with Crippen molar-refractivity contribution in [2.24, 2.45) is 0 Å². The summed E-state index contributed by atoms with van der Waals surface area (Å²) in [6, 6.07) is 144. The molecule has 0 fully saturated rings. The van der Waals surface area contributed by atoms with Gasteiger partial charge in [0.2, 0.25) is 0 Å². The van der Waals surface area contributed by atoms with Crippen LogP contribution in [0.2, 0.25) is 5.02 Å². The Bertz CT molecular complexity index is 6760. The molecule has 0 radical (unpaired) electrons. The van der Waals surface area contributed by atoms with Crippen LogP contribution in [0, 0.1) is 0 Å². The Morgan fingerprint density at radius 2 is 0.464 bits per heavy atom. The molecule has 0 saturated carbocycles. The molecule has 110 heavy (non-hydrogen) atoms. The molecule has 0 N–H and O–H groups in total. The minimum atomic E-state index is -0.285. The van der Waals surface area contributed by atoms with E-state index in [1.165, 1.54) is 59.5 Å². The maximum Gasteiger partial charge on any atom is 0.252 e. The predicted molar refractivity (Wildman–Crippen MR) is 465 cm³/mol. The molecule has 0 atom stereocenters. The Labute approximate surface area is 640 Å². The summed E-state index contributed by atoms with van der Waals surface area (Å²) in [5.74, 6) is 0. The maximum atomic E-state index is 8.04. The van der Waals surface area contributed by atoms with Gasteiger partial charge >= 0.3 is 0 Å². The highest BCUT2D eigenvalue weighted by Gasteiger charge is 2.45. The molecule has 0 aliphatic carbocycles. The van der Waals surface area contributed by atoms with Crippen molar-refractivity contribution in [3.05, 3.63) is 393 Å². The molecule has 6 nitrogen and oxygen atoms in total. The first-order valence-corrected chi connectivity index (χ1v) is 38.2. The molecule has 0 unspecified atom stereocenters. The number of anilines is 6. The van der Waals surface area contributed by atoms with Crippen molar-refractivity contribution < 1.29 is 0 Å². The lowest BCUT2D eigenvalue weighted by Gasteiger charge is -2.45. The normalized spacial score (nSPS) is 12.5. The molecule has 512 valence electrons. The third-order valence-electron chi connectivity index (χ3n) is 23.4. The van der Waals surface area contributed by atoms with Crippen molar-refractivity contribution >= 4 is 156 Å². The number of halogens is 1. The molecule has 2 aliphatic heterocycles. The van der Waals surface area contributed by atoms with E-state index >= 15 is 0 Å². The third kappa shape index (κ3) is 9.13. The number of fused-ring (bicyclic) bond motifs is 16. The van der Waals surface area contributed by atoms with Crippen LogP contribution in [0.15, 0.2) is 388 Å². The van der Waals surface area contributed by atoms with Gasteiger partial charge in [0.05, 0.1) is 78.3 Å². The van der Waals surface area contributed by atoms with Crippen LogP contribution in [0.1, 0.15) is 0 Å². The van der Waals surface area contributed by atoms with Gasteiger partial charge in [-0.05, 0) is 136 Å². The number of aromatic nitrogens is 4. The highest BCUT2D eigenvalue weighted by molar-refractivity contribution is 7.00. The summed E-state index contributed by atoms with van der Waals surface area (Å²) in [7, 11) is 0. The number of hydrogen-bond donors (Lipinski definition) is 0. The van der Waals surface area contributed by atoms with Crippen molar-refractivity contribution in [3.63, 3.8) is 0 Å². The average Bonchev–Trinajstić information content (AvgIpc) is 0.947. The summed E-state index contributed by atoms with van der Waals surface area (Å²) in [6.45, 7) is -0.285. The Morgan fingerprint density at radius 1 is 0.191 bits per heavy atom. The van der Waals surface area contributed by atoms with Crippen molar-refractivity contribution in [3.8, 4) is 67.3 Å². The Hall–Kier alpha value is -14.1. The molecular weight excluding hydrogens is 1360 g/mol. The summed E-state index contributed by atoms with van der Waals surface area (Å²) in [4.78, 5) is 5.08. The van der Waals surface area contributed by atoms with Crippen LogP contribution < -0.4 is 26.2 Å². The van der Waals surface area contributed by atoms with Gasteiger partial charge in [-0.1, -0.05) is 303 Å². The van der Waals surface area contributed by atoms with Crippen molar-refractivity contribution in [1.82, 2.24) is 18.3 Å². The molecule has 6 heterocycles. The zero-order chi connectivity index (χ0) is 72.2. The van der Waals surface area contributed by atoms with E-state index in [2.05, 4.69) is 416 Å². The minimum Gasteiger partial charge on any atom is -0.311 e. The molecule has 8 heteroatoms. The van der Waals surface area contributed by atoms with E-state index in [9.17, 15) is 0 Å². The molecule has 23 rings (SSSR count). The van der Waals surface area contributed by atoms with Crippen molar-refractivity contribution in [2.45, 2.75) is 0 Å². The molecule has 0 amide bonds. The van der Waals surface area contributed by atoms with Gasteiger partial charge in [0.25, 0.3) is 6.71 Å². The van der Waals surface area contributed by atoms with E-state index in [1.54, 1.807) is 0 Å². The van der Waals surface area contributed by atoms with E-state index in [0.29, 0.717) is 5.02 Å². The molecule has 0 spiro atoms. The van der Waals surface area contributed by atoms with Gasteiger partial charge in [0, 0.05) is 93.1 Å². The number of rotatable bonds is 10. The summed E-state index contributed by atoms with van der Waals surface area (Å²) >= 11 is 8.04. The number of nitrogens with zero attached hydrogens (tertiary/aromatic N) is 6. The van der Waals surface area contributed by atoms with Crippen molar-refractivity contribution in [2.75, 3.05) is 9.80 Å². The Morgan fingerprint density at radius 3 is 0.800 bits per heavy atom. The van der Waals surface area contributed by atoms with Crippen LogP contribution in [0.4, 0.5) is 34.1 Å². The van der Waals surface area contributed by atoms with Gasteiger partial charge in [-0.15, -0.1) is 0 Å². The van der Waals surface area contributed by atoms with Gasteiger partial charge in [-0.25, -0.2) is 0 Å². The fourth-order valence-electron chi connectivity index (χ4n) is 18.9. The van der Waals surface area contributed by atoms with Gasteiger partial charge in [-0.3, -0.25) is 0 Å². The van der Waals surface area contributed by atoms with E-state index in [0.717, 1.165) is 146 Å². The highest BCUT2D eigenvalue weighted by Crippen LogP contribution is 2.53. The number of hydrogen-bond acceptors (Lipinski definition) is 2. The molecule has 0 saturated heterocycles. The summed E-state index contributed by atoms with van der Waals surface area (Å²) in [5, 5.41) is 10.2. The van der Waals surface area contributed by atoms with Crippen molar-refractivity contribution in [1.29, 1.82) is 0 Å². The van der Waals surface area contributed by atoms with Crippen LogP contribution >= 0.6 is 11.6 Å². The molecule has 2 aliphatic rings. The van der Waals surface area contributed by atoms with E-state index in [4.69, 9.17) is 11.6 Å². The second-order valence-electron chi connectivity index (χ2n) is 29.1. The summed E-state index contributed by atoms with van der Waals surface area (Å²) in [5.41, 5.74) is 31.9. The second kappa shape index (κ2) is 24.5. The molecule has 0 bridgehead atoms. The summed E-state index contributed by atoms with van der Waals surface area (Å²) < 4.78 is 10.1. The van der Waals surface area contributed by atoms with Crippen LogP contribution in [0.5, 0.6) is 0 Å². The van der Waals surface area contributed by atoms with Crippen LogP contribution in [0.25, 0.3) is 154 Å². The first-order valence-electron chi connectivity index (χ1n) is 37.8. The largest absolute Gasteiger partial charge is 0.311 e. The highest BCUT2D eigenvalue weighted by atomic mass is 35.5. The second-order valence-corrected chi connectivity index (χ2v) is 29.5. The minimum absolute atomic E-state index is 0.285. The zero-order valence-corrected chi connectivity index (χ0v) is 60.3. The van der Waals surface area contributed by atoms with Gasteiger partial charge in [0.15, 0.2) is 0 Å². The fourth-order valence-corrected chi connectivity index (χ4v) is 19.1. The predicted octanol–water partition coefficient (Wildman–Crippen LogP) is 25.5. The standard InChI is InChI=1S/C102H64BClN6/c104-69-63-98-100-99(64-69)108(85-46-18-8-34-71(85)66-31-5-2-6-32-66)97-62-68(73-44-28-56-95(106-88-49-21-11-37-76(88)77-38-12-22-50-89(77)106)102(73)110-92-53-25-15-41-80(92)81-42-16-26-54-93(81)110)58-60-83(97)103(100)82-59-57-67(61-96(82)107(98)84-45-17-7-33-70(84)65-29-3-1-4-30-65)72-43-27-55-94(105-86-47-19-9-35-74(86)75-36-10-20-48-87(75)105)101(72)109-90-51-23-13-39-78(90)79-40-14-24-52-91(79)109/h1-64H. The monoisotopic (exact) mass is 1420 g/mol. The fraction of sp³-hybridized carbons (Fsp3) is 0. The maximum absolute atomic E-state index is 8.04. The van der Waals surface area contributed by atoms with Gasteiger partial charge in [-0.2, -0.15) is 0 Å². The van der Waals surface area contributed by atoms with Gasteiger partial charge in [0.1, 0.15) is 0 Å². The molecule has 17 aromatic carbocycles. The van der Waals surface area contributed by atoms with E-state index in [-0.39, 0.29) is 6.71 Å². The Balaban J connectivity index is 0.824. The number of benzene rings is 17. The number of para-hydroxylation sites is 12. The average molecular weight is 1420 g/mol. The van der Waals surface area contributed by atoms with Gasteiger partial charge < -0.3 is 28.1 Å². The first kappa shape index (κ1) is 62.1. The van der Waals surface area contributed by atoms with Crippen LogP contribution in [0.3, 0.4) is 0 Å². The quantitative estimate of drug-likeness (QED) is 0.128. The third-order valence-corrected chi connectivity index (χ3v) is 23.6. The smallest absolute Gasteiger partial charge is 0.252 e. The first-order chi connectivity index (χ1) is 54.6. The Kier molecular flexibility index (Phi) is 13.8. The lowest BCUT2D eigenvalue weighted by Crippen LogP contribution is -2.61. The van der Waals surface area contributed by atoms with Crippen LogP contribution in [-0.2, 0) is 0 Å². The lowest BCUT2D eigenvalue weighted by atomic mass is 9.33. The molecular formula is C102H64BClN6. The summed E-state index contributed by atoms with van der Waals surface area (Å²) in [6.07, 6.45) is 0. The van der Waals surface area contributed by atoms with E-state index < -0.39 is 0 Å². The topological polar surface area (TPSA) is 26.2 Å². The van der Waals surface area contributed by atoms with Crippen LogP contribution in [-0.4, -0.2) is 25.0 Å². The molecule has 21 aromatic rings. The SMILES string of the molecule is Clc1cc2c3c(c1)N(c1ccccc1-c1ccccc1)c1cc(-c4cccc(-n5c6ccccc6c6ccccc65)c4-n4c5ccccc5c5ccccc54)ccc1B3c1ccc(-c3cccc(-n4c5ccccc5c5ccccc54)c3-n3c4ccccc4c4ccccc43)cc1N2c1ccccc1-c1ccccc1.